The maximum Gasteiger partial charge on any atom is 0.305 e. The predicted octanol–water partition coefficient (Wildman–Crippen LogP) is 0.282. The molecule has 3 aromatic rings. The van der Waals surface area contributed by atoms with Crippen LogP contribution in [0.15, 0.2) is 60.8 Å². The van der Waals surface area contributed by atoms with Gasteiger partial charge in [-0.25, -0.2) is 0 Å². The van der Waals surface area contributed by atoms with Crippen molar-refractivity contribution in [3.63, 3.8) is 0 Å². The lowest BCUT2D eigenvalue weighted by Crippen LogP contribution is -2.62. The topological polar surface area (TPSA) is 213 Å². The molecule has 0 spiro atoms. The fourth-order valence-corrected chi connectivity index (χ4v) is 4.49. The van der Waals surface area contributed by atoms with E-state index in [0.29, 0.717) is 5.56 Å². The van der Waals surface area contributed by atoms with E-state index in [1.807, 2.05) is 24.3 Å². The van der Waals surface area contributed by atoms with Gasteiger partial charge >= 0.3 is 5.97 Å². The van der Waals surface area contributed by atoms with Crippen LogP contribution in [0.5, 0.6) is 0 Å². The summed E-state index contributed by atoms with van der Waals surface area (Å²) in [4.78, 5) is 78.2. The maximum atomic E-state index is 13.3. The standard InChI is InChI=1S/C30H36N6O7/c1-17(37)33-23(14-19-16-32-21-12-8-7-11-20(19)21)28(42)36-30(2,3)29(43)35-24(15-25(38)39)27(41)34-22(26(31)40)13-18-9-5-4-6-10-18/h4-12,16,22-24,32H,13-15H2,1-3H3,(H2,31,40)(H,33,37)(H,34,41)(H,35,43)(H,36,42)(H,38,39)/t22-,23-,24-/m0/s1. The number of carbonyl (C=O) groups excluding carboxylic acids is 5. The molecule has 1 heterocycles. The largest absolute Gasteiger partial charge is 0.481 e. The molecule has 2 aromatic carbocycles. The maximum absolute atomic E-state index is 13.3. The van der Waals surface area contributed by atoms with Gasteiger partial charge in [-0.2, -0.15) is 0 Å². The van der Waals surface area contributed by atoms with Crippen molar-refractivity contribution in [1.29, 1.82) is 0 Å². The number of H-pyrrole nitrogens is 1. The molecule has 0 bridgehead atoms. The van der Waals surface area contributed by atoms with Crippen molar-refractivity contribution in [3.05, 3.63) is 71.9 Å². The molecule has 13 nitrogen and oxygen atoms in total. The Morgan fingerprint density at radius 2 is 1.49 bits per heavy atom. The van der Waals surface area contributed by atoms with Gasteiger partial charge in [0, 0.05) is 36.9 Å². The van der Waals surface area contributed by atoms with Crippen molar-refractivity contribution in [2.24, 2.45) is 5.73 Å². The molecule has 0 saturated heterocycles. The fraction of sp³-hybridized carbons (Fsp3) is 0.333. The van der Waals surface area contributed by atoms with Crippen LogP contribution in [0.3, 0.4) is 0 Å². The third kappa shape index (κ3) is 9.15. The zero-order valence-corrected chi connectivity index (χ0v) is 24.1. The number of aromatic nitrogens is 1. The van der Waals surface area contributed by atoms with Gasteiger partial charge in [0.25, 0.3) is 0 Å². The number of fused-ring (bicyclic) bond motifs is 1. The smallest absolute Gasteiger partial charge is 0.305 e. The van der Waals surface area contributed by atoms with Crippen molar-refractivity contribution >= 4 is 46.4 Å². The highest BCUT2D eigenvalue weighted by molar-refractivity contribution is 5.98. The van der Waals surface area contributed by atoms with E-state index in [1.165, 1.54) is 20.8 Å². The van der Waals surface area contributed by atoms with Gasteiger partial charge in [0.15, 0.2) is 0 Å². The molecule has 3 rings (SSSR count). The Morgan fingerprint density at radius 3 is 2.12 bits per heavy atom. The Balaban J connectivity index is 1.72. The number of amides is 5. The van der Waals surface area contributed by atoms with E-state index in [0.717, 1.165) is 16.5 Å². The van der Waals surface area contributed by atoms with Crippen LogP contribution in [-0.2, 0) is 41.6 Å². The summed E-state index contributed by atoms with van der Waals surface area (Å²) in [5, 5.41) is 20.2. The first kappa shape index (κ1) is 32.3. The number of para-hydroxylation sites is 1. The zero-order chi connectivity index (χ0) is 31.7. The minimum atomic E-state index is -1.64. The molecule has 0 aliphatic rings. The number of nitrogens with two attached hydrogens (primary N) is 1. The molecule has 0 fully saturated rings. The quantitative estimate of drug-likeness (QED) is 0.139. The van der Waals surface area contributed by atoms with Crippen LogP contribution in [0, 0.1) is 0 Å². The highest BCUT2D eigenvalue weighted by Gasteiger charge is 2.36. The van der Waals surface area contributed by atoms with Crippen LogP contribution in [0.25, 0.3) is 10.9 Å². The van der Waals surface area contributed by atoms with Gasteiger partial charge in [0.1, 0.15) is 23.7 Å². The molecule has 0 radical (unpaired) electrons. The molecule has 0 unspecified atom stereocenters. The Hall–Kier alpha value is -5.20. The average molecular weight is 593 g/mol. The Kier molecular flexibility index (Phi) is 10.6. The molecule has 1 aromatic heterocycles. The molecule has 3 atom stereocenters. The van der Waals surface area contributed by atoms with Crippen LogP contribution in [0.1, 0.15) is 38.3 Å². The first-order valence-corrected chi connectivity index (χ1v) is 13.6. The number of aliphatic carboxylic acids is 1. The van der Waals surface area contributed by atoms with E-state index in [-0.39, 0.29) is 12.8 Å². The number of hydrogen-bond donors (Lipinski definition) is 7. The Bertz CT molecular complexity index is 1500. The molecule has 5 amide bonds. The summed E-state index contributed by atoms with van der Waals surface area (Å²) in [6, 6.07) is 12.4. The van der Waals surface area contributed by atoms with Crippen molar-refractivity contribution in [1.82, 2.24) is 26.3 Å². The molecule has 0 aliphatic carbocycles. The summed E-state index contributed by atoms with van der Waals surface area (Å²) >= 11 is 0. The number of carboxylic acids is 1. The number of primary amides is 1. The molecule has 228 valence electrons. The monoisotopic (exact) mass is 592 g/mol. The van der Waals surface area contributed by atoms with Gasteiger partial charge in [-0.05, 0) is 31.0 Å². The second-order valence-corrected chi connectivity index (χ2v) is 10.7. The number of aromatic amines is 1. The lowest BCUT2D eigenvalue weighted by Gasteiger charge is -2.30. The second-order valence-electron chi connectivity index (χ2n) is 10.7. The molecule has 8 N–H and O–H groups in total. The summed E-state index contributed by atoms with van der Waals surface area (Å²) in [6.07, 6.45) is 1.11. The van der Waals surface area contributed by atoms with Crippen LogP contribution in [0.4, 0.5) is 0 Å². The summed E-state index contributed by atoms with van der Waals surface area (Å²) in [5.41, 5.74) is 6.15. The van der Waals surface area contributed by atoms with Gasteiger partial charge in [-0.1, -0.05) is 48.5 Å². The van der Waals surface area contributed by atoms with E-state index in [1.54, 1.807) is 36.5 Å². The second kappa shape index (κ2) is 14.1. The third-order valence-electron chi connectivity index (χ3n) is 6.74. The minimum absolute atomic E-state index is 0.0537. The highest BCUT2D eigenvalue weighted by Crippen LogP contribution is 2.19. The van der Waals surface area contributed by atoms with Crippen molar-refractivity contribution < 1.29 is 33.9 Å². The number of nitrogens with one attached hydrogen (secondary N) is 5. The number of carbonyl (C=O) groups is 6. The molecule has 0 saturated carbocycles. The van der Waals surface area contributed by atoms with Crippen molar-refractivity contribution in [2.45, 2.75) is 63.7 Å². The first-order chi connectivity index (χ1) is 20.3. The van der Waals surface area contributed by atoms with Crippen LogP contribution in [-0.4, -0.2) is 69.3 Å². The van der Waals surface area contributed by atoms with E-state index >= 15 is 0 Å². The van der Waals surface area contributed by atoms with E-state index in [9.17, 15) is 33.9 Å². The van der Waals surface area contributed by atoms with Gasteiger partial charge < -0.3 is 37.1 Å². The van der Waals surface area contributed by atoms with Crippen molar-refractivity contribution in [3.8, 4) is 0 Å². The Labute approximate surface area is 248 Å². The number of hydrogen-bond acceptors (Lipinski definition) is 6. The van der Waals surface area contributed by atoms with Crippen molar-refractivity contribution in [2.75, 3.05) is 0 Å². The van der Waals surface area contributed by atoms with Gasteiger partial charge in [0.05, 0.1) is 6.42 Å². The first-order valence-electron chi connectivity index (χ1n) is 13.6. The molecule has 43 heavy (non-hydrogen) atoms. The van der Waals surface area contributed by atoms with Gasteiger partial charge in [-0.3, -0.25) is 28.8 Å². The minimum Gasteiger partial charge on any atom is -0.481 e. The molecule has 13 heteroatoms. The normalized spacial score (nSPS) is 13.3. The third-order valence-corrected chi connectivity index (χ3v) is 6.74. The highest BCUT2D eigenvalue weighted by atomic mass is 16.4. The Morgan fingerprint density at radius 1 is 0.837 bits per heavy atom. The van der Waals surface area contributed by atoms with Gasteiger partial charge in [-0.15, -0.1) is 0 Å². The number of benzene rings is 2. The van der Waals surface area contributed by atoms with Gasteiger partial charge in [0.2, 0.25) is 29.5 Å². The van der Waals surface area contributed by atoms with Crippen LogP contribution >= 0.6 is 0 Å². The average Bonchev–Trinajstić information content (AvgIpc) is 3.34. The zero-order valence-electron chi connectivity index (χ0n) is 24.1. The summed E-state index contributed by atoms with van der Waals surface area (Å²) in [5.74, 6) is -5.16. The van der Waals surface area contributed by atoms with E-state index in [4.69, 9.17) is 5.73 Å². The number of rotatable bonds is 14. The van der Waals surface area contributed by atoms with E-state index in [2.05, 4.69) is 26.3 Å². The van der Waals surface area contributed by atoms with Crippen LogP contribution in [0.2, 0.25) is 0 Å². The molecular formula is C30H36N6O7. The summed E-state index contributed by atoms with van der Waals surface area (Å²) in [6.45, 7) is 4.00. The summed E-state index contributed by atoms with van der Waals surface area (Å²) in [7, 11) is 0. The van der Waals surface area contributed by atoms with Crippen LogP contribution < -0.4 is 27.0 Å². The predicted molar refractivity (Wildman–Crippen MR) is 157 cm³/mol. The molecular weight excluding hydrogens is 556 g/mol. The molecule has 0 aliphatic heterocycles. The lowest BCUT2D eigenvalue weighted by atomic mass is 9.99. The summed E-state index contributed by atoms with van der Waals surface area (Å²) < 4.78 is 0. The number of carboxylic acid groups (broad SMARTS) is 1. The van der Waals surface area contributed by atoms with E-state index < -0.39 is 65.6 Å². The fourth-order valence-electron chi connectivity index (χ4n) is 4.49. The lowest BCUT2D eigenvalue weighted by molar-refractivity contribution is -0.142. The SMILES string of the molecule is CC(=O)N[C@@H](Cc1c[nH]c2ccccc12)C(=O)NC(C)(C)C(=O)N[C@@H](CC(=O)O)C(=O)N[C@@H](Cc1ccccc1)C(N)=O.